The molecule has 0 aliphatic carbocycles. The van der Waals surface area contributed by atoms with Crippen molar-refractivity contribution < 1.29 is 13.2 Å². The van der Waals surface area contributed by atoms with Crippen molar-refractivity contribution in [3.05, 3.63) is 52.1 Å². The molecule has 0 unspecified atom stereocenters. The van der Waals surface area contributed by atoms with Crippen LogP contribution in [0.2, 0.25) is 0 Å². The molecule has 0 aliphatic rings. The number of nitrogens with one attached hydrogen (secondary N) is 2. The van der Waals surface area contributed by atoms with E-state index in [1.54, 1.807) is 12.1 Å². The third-order valence-corrected chi connectivity index (χ3v) is 4.95. The Labute approximate surface area is 143 Å². The van der Waals surface area contributed by atoms with E-state index in [0.717, 1.165) is 15.5 Å². The van der Waals surface area contributed by atoms with Gasteiger partial charge in [-0.2, -0.15) is 0 Å². The highest BCUT2D eigenvalue weighted by molar-refractivity contribution is 14.1. The third-order valence-electron chi connectivity index (χ3n) is 2.88. The number of rotatable bonds is 5. The van der Waals surface area contributed by atoms with Gasteiger partial charge in [-0.1, -0.05) is 12.1 Å². The van der Waals surface area contributed by atoms with E-state index >= 15 is 0 Å². The van der Waals surface area contributed by atoms with Gasteiger partial charge in [-0.25, -0.2) is 8.42 Å². The van der Waals surface area contributed by atoms with Crippen LogP contribution in [-0.4, -0.2) is 27.1 Å². The van der Waals surface area contributed by atoms with E-state index in [0.29, 0.717) is 5.69 Å². The second-order valence-electron chi connectivity index (χ2n) is 4.68. The van der Waals surface area contributed by atoms with Crippen molar-refractivity contribution in [3.8, 4) is 0 Å². The van der Waals surface area contributed by atoms with Gasteiger partial charge in [0.25, 0.3) is 0 Å². The molecule has 5 nitrogen and oxygen atoms in total. The summed E-state index contributed by atoms with van der Waals surface area (Å²) in [6.07, 6.45) is 1.14. The Balaban J connectivity index is 1.94. The van der Waals surface area contributed by atoms with Gasteiger partial charge in [0.2, 0.25) is 5.91 Å². The first kappa shape index (κ1) is 16.8. The summed E-state index contributed by atoms with van der Waals surface area (Å²) >= 11 is 2.19. The average molecular weight is 430 g/mol. The Bertz CT molecular complexity index is 774. The lowest BCUT2D eigenvalue weighted by molar-refractivity contribution is -0.114. The predicted molar refractivity (Wildman–Crippen MR) is 95.8 cm³/mol. The number of sulfone groups is 1. The number of anilines is 2. The minimum Gasteiger partial charge on any atom is -0.375 e. The van der Waals surface area contributed by atoms with E-state index in [1.165, 1.54) is 12.1 Å². The summed E-state index contributed by atoms with van der Waals surface area (Å²) in [5, 5.41) is 5.76. The number of benzene rings is 2. The molecular weight excluding hydrogens is 415 g/mol. The molecule has 2 aromatic rings. The van der Waals surface area contributed by atoms with Crippen molar-refractivity contribution in [2.24, 2.45) is 0 Å². The zero-order valence-corrected chi connectivity index (χ0v) is 14.8. The van der Waals surface area contributed by atoms with Crippen LogP contribution in [0.5, 0.6) is 0 Å². The fraction of sp³-hybridized carbons (Fsp3) is 0.133. The minimum atomic E-state index is -3.22. The first-order valence-corrected chi connectivity index (χ1v) is 9.41. The van der Waals surface area contributed by atoms with Crippen LogP contribution in [0.3, 0.4) is 0 Å². The molecule has 0 radical (unpaired) electrons. The molecule has 2 rings (SSSR count). The van der Waals surface area contributed by atoms with Gasteiger partial charge in [-0.05, 0) is 59.0 Å². The van der Waals surface area contributed by atoms with Gasteiger partial charge in [0.05, 0.1) is 11.4 Å². The van der Waals surface area contributed by atoms with E-state index in [2.05, 4.69) is 33.2 Å². The van der Waals surface area contributed by atoms with Crippen molar-refractivity contribution in [3.63, 3.8) is 0 Å². The maximum atomic E-state index is 11.9. The van der Waals surface area contributed by atoms with Crippen LogP contribution in [0.4, 0.5) is 11.4 Å². The van der Waals surface area contributed by atoms with Crippen molar-refractivity contribution in [2.45, 2.75) is 4.90 Å². The predicted octanol–water partition coefficient (Wildman–Crippen LogP) is 2.75. The number of carbonyl (C=O) groups is 1. The van der Waals surface area contributed by atoms with Crippen molar-refractivity contribution >= 4 is 49.7 Å². The van der Waals surface area contributed by atoms with Gasteiger partial charge in [0, 0.05) is 21.2 Å². The second kappa shape index (κ2) is 7.10. The summed E-state index contributed by atoms with van der Waals surface area (Å²) in [5.74, 6) is -0.202. The number of hydrogen-bond acceptors (Lipinski definition) is 4. The molecule has 7 heteroatoms. The number of para-hydroxylation sites is 1. The van der Waals surface area contributed by atoms with Gasteiger partial charge < -0.3 is 10.6 Å². The first-order valence-electron chi connectivity index (χ1n) is 6.44. The topological polar surface area (TPSA) is 75.3 Å². The Morgan fingerprint density at radius 2 is 1.73 bits per heavy atom. The summed E-state index contributed by atoms with van der Waals surface area (Å²) < 4.78 is 23.8. The fourth-order valence-corrected chi connectivity index (χ4v) is 2.98. The smallest absolute Gasteiger partial charge is 0.243 e. The molecule has 2 N–H and O–H groups in total. The number of amides is 1. The SMILES string of the molecule is CS(=O)(=O)c1ccc(NC(=O)CNc2ccccc2I)cc1. The average Bonchev–Trinajstić information content (AvgIpc) is 2.46. The Kier molecular flexibility index (Phi) is 5.41. The normalized spacial score (nSPS) is 11.0. The quantitative estimate of drug-likeness (QED) is 0.716. The zero-order valence-electron chi connectivity index (χ0n) is 11.8. The molecule has 0 fully saturated rings. The monoisotopic (exact) mass is 430 g/mol. The van der Waals surface area contributed by atoms with Crippen LogP contribution in [0, 0.1) is 3.57 Å². The van der Waals surface area contributed by atoms with Crippen LogP contribution < -0.4 is 10.6 Å². The lowest BCUT2D eigenvalue weighted by Gasteiger charge is -2.09. The van der Waals surface area contributed by atoms with Crippen molar-refractivity contribution in [2.75, 3.05) is 23.4 Å². The lowest BCUT2D eigenvalue weighted by Crippen LogP contribution is -2.22. The van der Waals surface area contributed by atoms with Gasteiger partial charge in [-0.15, -0.1) is 0 Å². The lowest BCUT2D eigenvalue weighted by atomic mass is 10.3. The fourth-order valence-electron chi connectivity index (χ4n) is 1.77. The maximum Gasteiger partial charge on any atom is 0.243 e. The summed E-state index contributed by atoms with van der Waals surface area (Å²) in [6, 6.07) is 13.8. The molecule has 1 amide bonds. The molecule has 2 aromatic carbocycles. The Morgan fingerprint density at radius 1 is 1.09 bits per heavy atom. The molecule has 0 saturated heterocycles. The largest absolute Gasteiger partial charge is 0.375 e. The summed E-state index contributed by atoms with van der Waals surface area (Å²) in [6.45, 7) is 0.133. The maximum absolute atomic E-state index is 11.9. The van der Waals surface area contributed by atoms with E-state index < -0.39 is 9.84 Å². The van der Waals surface area contributed by atoms with Gasteiger partial charge in [0.15, 0.2) is 9.84 Å². The number of carbonyl (C=O) groups excluding carboxylic acids is 1. The van der Waals surface area contributed by atoms with Gasteiger partial charge in [0.1, 0.15) is 0 Å². The van der Waals surface area contributed by atoms with Gasteiger partial charge in [-0.3, -0.25) is 4.79 Å². The zero-order chi connectivity index (χ0) is 16.2. The molecule has 0 saturated carbocycles. The molecule has 0 atom stereocenters. The van der Waals surface area contributed by atoms with E-state index in [-0.39, 0.29) is 17.3 Å². The highest BCUT2D eigenvalue weighted by Crippen LogP contribution is 2.17. The molecule has 0 spiro atoms. The Morgan fingerprint density at radius 3 is 2.32 bits per heavy atom. The highest BCUT2D eigenvalue weighted by atomic mass is 127. The molecule has 0 aromatic heterocycles. The minimum absolute atomic E-state index is 0.133. The van der Waals surface area contributed by atoms with Crippen LogP contribution in [0.1, 0.15) is 0 Å². The number of hydrogen-bond donors (Lipinski definition) is 2. The van der Waals surface area contributed by atoms with Crippen LogP contribution in [0.25, 0.3) is 0 Å². The first-order chi connectivity index (χ1) is 10.4. The van der Waals surface area contributed by atoms with Crippen LogP contribution in [0.15, 0.2) is 53.4 Å². The summed E-state index contributed by atoms with van der Waals surface area (Å²) in [7, 11) is -3.22. The summed E-state index contributed by atoms with van der Waals surface area (Å²) in [5.41, 5.74) is 1.45. The molecule has 22 heavy (non-hydrogen) atoms. The molecular formula is C15H15IN2O3S. The molecule has 116 valence electrons. The standard InChI is InChI=1S/C15H15IN2O3S/c1-22(20,21)12-8-6-11(7-9-12)18-15(19)10-17-14-5-3-2-4-13(14)16/h2-9,17H,10H2,1H3,(H,18,19). The third kappa shape index (κ3) is 4.70. The summed E-state index contributed by atoms with van der Waals surface area (Å²) in [4.78, 5) is 12.1. The molecule has 0 bridgehead atoms. The van der Waals surface area contributed by atoms with Crippen LogP contribution >= 0.6 is 22.6 Å². The van der Waals surface area contributed by atoms with E-state index in [1.807, 2.05) is 24.3 Å². The van der Waals surface area contributed by atoms with E-state index in [9.17, 15) is 13.2 Å². The van der Waals surface area contributed by atoms with Crippen LogP contribution in [-0.2, 0) is 14.6 Å². The van der Waals surface area contributed by atoms with Crippen molar-refractivity contribution in [1.82, 2.24) is 0 Å². The van der Waals surface area contributed by atoms with Crippen molar-refractivity contribution in [1.29, 1.82) is 0 Å². The second-order valence-corrected chi connectivity index (χ2v) is 7.86. The van der Waals surface area contributed by atoms with Gasteiger partial charge >= 0.3 is 0 Å². The Hall–Kier alpha value is -1.61. The highest BCUT2D eigenvalue weighted by Gasteiger charge is 2.08. The number of halogens is 1. The van der Waals surface area contributed by atoms with E-state index in [4.69, 9.17) is 0 Å². The molecule has 0 heterocycles. The molecule has 0 aliphatic heterocycles.